The maximum atomic E-state index is 10.3. The Kier molecular flexibility index (Phi) is 4.23. The van der Waals surface area contributed by atoms with Crippen molar-refractivity contribution in [3.05, 3.63) is 48.0 Å². The van der Waals surface area contributed by atoms with Crippen molar-refractivity contribution in [2.45, 2.75) is 38.4 Å². The molecule has 0 saturated carbocycles. The van der Waals surface area contributed by atoms with Gasteiger partial charge in [0.25, 0.3) is 0 Å². The largest absolute Gasteiger partial charge is 0.388 e. The lowest BCUT2D eigenvalue weighted by atomic mass is 9.95. The summed E-state index contributed by atoms with van der Waals surface area (Å²) in [6, 6.07) is 14.3. The lowest BCUT2D eigenvalue weighted by Crippen LogP contribution is -2.23. The second kappa shape index (κ2) is 5.72. The number of aliphatic hydroxyl groups excluding tert-OH is 1. The zero-order valence-corrected chi connectivity index (χ0v) is 11.9. The molecule has 0 saturated heterocycles. The summed E-state index contributed by atoms with van der Waals surface area (Å²) in [5.74, 6) is 0. The third-order valence-electron chi connectivity index (χ3n) is 3.73. The number of hydrogen-bond donors (Lipinski definition) is 1. The van der Waals surface area contributed by atoms with Gasteiger partial charge in [-0.1, -0.05) is 36.4 Å². The minimum absolute atomic E-state index is 0.183. The van der Waals surface area contributed by atoms with Gasteiger partial charge in [0, 0.05) is 7.11 Å². The van der Waals surface area contributed by atoms with E-state index >= 15 is 0 Å². The summed E-state index contributed by atoms with van der Waals surface area (Å²) >= 11 is 0. The minimum atomic E-state index is -0.431. The van der Waals surface area contributed by atoms with Crippen LogP contribution in [0.1, 0.15) is 38.4 Å². The number of methoxy groups -OCH3 is 1. The summed E-state index contributed by atoms with van der Waals surface area (Å²) in [6.45, 7) is 4.08. The van der Waals surface area contributed by atoms with Gasteiger partial charge in [0.05, 0.1) is 11.7 Å². The van der Waals surface area contributed by atoms with Crippen LogP contribution in [0.3, 0.4) is 0 Å². The molecular weight excluding hydrogens is 236 g/mol. The zero-order chi connectivity index (χ0) is 13.9. The number of hydrogen-bond acceptors (Lipinski definition) is 2. The number of benzene rings is 2. The second-order valence-corrected chi connectivity index (χ2v) is 5.62. The smallest absolute Gasteiger partial charge is 0.0791 e. The average Bonchev–Trinajstić information content (AvgIpc) is 2.44. The van der Waals surface area contributed by atoms with Crippen molar-refractivity contribution in [3.8, 4) is 0 Å². The number of ether oxygens (including phenoxy) is 1. The summed E-state index contributed by atoms with van der Waals surface area (Å²) in [5.41, 5.74) is 0.795. The topological polar surface area (TPSA) is 29.5 Å². The molecule has 2 nitrogen and oxygen atoms in total. The van der Waals surface area contributed by atoms with E-state index in [9.17, 15) is 5.11 Å². The van der Waals surface area contributed by atoms with Crippen LogP contribution in [0, 0.1) is 0 Å². The first-order chi connectivity index (χ1) is 9.02. The van der Waals surface area contributed by atoms with Crippen molar-refractivity contribution in [2.75, 3.05) is 7.11 Å². The average molecular weight is 258 g/mol. The summed E-state index contributed by atoms with van der Waals surface area (Å²) in [4.78, 5) is 0. The molecule has 1 N–H and O–H groups in total. The van der Waals surface area contributed by atoms with Crippen LogP contribution >= 0.6 is 0 Å². The molecule has 0 heterocycles. The van der Waals surface area contributed by atoms with Crippen molar-refractivity contribution >= 4 is 10.8 Å². The van der Waals surface area contributed by atoms with E-state index in [1.54, 1.807) is 7.11 Å². The van der Waals surface area contributed by atoms with Gasteiger partial charge >= 0.3 is 0 Å². The van der Waals surface area contributed by atoms with Gasteiger partial charge in [-0.25, -0.2) is 0 Å². The molecular formula is C17H22O2. The third kappa shape index (κ3) is 3.55. The van der Waals surface area contributed by atoms with Crippen molar-refractivity contribution in [2.24, 2.45) is 0 Å². The van der Waals surface area contributed by atoms with Crippen molar-refractivity contribution in [3.63, 3.8) is 0 Å². The Bertz CT molecular complexity index is 546. The van der Waals surface area contributed by atoms with Crippen LogP contribution in [0.2, 0.25) is 0 Å². The van der Waals surface area contributed by atoms with Gasteiger partial charge in [-0.15, -0.1) is 0 Å². The molecule has 1 atom stereocenters. The van der Waals surface area contributed by atoms with E-state index in [1.807, 2.05) is 32.0 Å². The minimum Gasteiger partial charge on any atom is -0.388 e. The molecule has 2 rings (SSSR count). The molecule has 102 valence electrons. The second-order valence-electron chi connectivity index (χ2n) is 5.62. The summed E-state index contributed by atoms with van der Waals surface area (Å²) in [7, 11) is 1.71. The number of aliphatic hydroxyl groups is 1. The van der Waals surface area contributed by atoms with Gasteiger partial charge in [0.2, 0.25) is 0 Å². The molecule has 2 heteroatoms. The van der Waals surface area contributed by atoms with Crippen LogP contribution in [-0.4, -0.2) is 17.8 Å². The van der Waals surface area contributed by atoms with Gasteiger partial charge in [0.15, 0.2) is 0 Å². The molecule has 0 bridgehead atoms. The van der Waals surface area contributed by atoms with E-state index in [0.717, 1.165) is 12.0 Å². The highest BCUT2D eigenvalue weighted by Crippen LogP contribution is 2.26. The Morgan fingerprint density at radius 3 is 2.47 bits per heavy atom. The monoisotopic (exact) mass is 258 g/mol. The molecule has 1 unspecified atom stereocenters. The lowest BCUT2D eigenvalue weighted by Gasteiger charge is -2.24. The van der Waals surface area contributed by atoms with E-state index in [1.165, 1.54) is 10.8 Å². The maximum Gasteiger partial charge on any atom is 0.0791 e. The molecule has 0 aliphatic carbocycles. The summed E-state index contributed by atoms with van der Waals surface area (Å²) < 4.78 is 5.38. The highest BCUT2D eigenvalue weighted by molar-refractivity contribution is 5.83. The van der Waals surface area contributed by atoms with Crippen LogP contribution < -0.4 is 0 Å². The van der Waals surface area contributed by atoms with E-state index in [2.05, 4.69) is 24.3 Å². The van der Waals surface area contributed by atoms with E-state index in [0.29, 0.717) is 6.42 Å². The number of fused-ring (bicyclic) bond motifs is 1. The Hall–Kier alpha value is -1.38. The van der Waals surface area contributed by atoms with Crippen molar-refractivity contribution in [1.82, 2.24) is 0 Å². The van der Waals surface area contributed by atoms with Crippen LogP contribution in [0.5, 0.6) is 0 Å². The fraction of sp³-hybridized carbons (Fsp3) is 0.412. The van der Waals surface area contributed by atoms with Gasteiger partial charge in [0.1, 0.15) is 0 Å². The predicted molar refractivity (Wildman–Crippen MR) is 79.2 cm³/mol. The van der Waals surface area contributed by atoms with Gasteiger partial charge < -0.3 is 9.84 Å². The zero-order valence-electron chi connectivity index (χ0n) is 11.9. The van der Waals surface area contributed by atoms with Crippen LogP contribution in [0.4, 0.5) is 0 Å². The SMILES string of the molecule is COC(C)(C)CCC(O)c1ccc2ccccc2c1. The molecule has 19 heavy (non-hydrogen) atoms. The first-order valence-corrected chi connectivity index (χ1v) is 6.74. The first kappa shape index (κ1) is 14.0. The van der Waals surface area contributed by atoms with Crippen molar-refractivity contribution < 1.29 is 9.84 Å². The molecule has 0 aliphatic rings. The lowest BCUT2D eigenvalue weighted by molar-refractivity contribution is 0.00280. The summed E-state index contributed by atoms with van der Waals surface area (Å²) in [6.07, 6.45) is 1.11. The molecule has 0 spiro atoms. The van der Waals surface area contributed by atoms with Gasteiger partial charge in [-0.2, -0.15) is 0 Å². The highest BCUT2D eigenvalue weighted by atomic mass is 16.5. The maximum absolute atomic E-state index is 10.3. The highest BCUT2D eigenvalue weighted by Gasteiger charge is 2.19. The van der Waals surface area contributed by atoms with Crippen LogP contribution in [0.15, 0.2) is 42.5 Å². The van der Waals surface area contributed by atoms with E-state index in [-0.39, 0.29) is 5.60 Å². The Labute approximate surface area is 115 Å². The molecule has 2 aromatic rings. The summed E-state index contributed by atoms with van der Waals surface area (Å²) in [5, 5.41) is 12.7. The Morgan fingerprint density at radius 1 is 1.11 bits per heavy atom. The quantitative estimate of drug-likeness (QED) is 0.875. The third-order valence-corrected chi connectivity index (χ3v) is 3.73. The molecule has 0 radical (unpaired) electrons. The molecule has 0 fully saturated rings. The normalized spacial score (nSPS) is 13.7. The van der Waals surface area contributed by atoms with E-state index in [4.69, 9.17) is 4.74 Å². The number of rotatable bonds is 5. The predicted octanol–water partition coefficient (Wildman–Crippen LogP) is 4.08. The van der Waals surface area contributed by atoms with Gasteiger partial charge in [-0.3, -0.25) is 0 Å². The van der Waals surface area contributed by atoms with E-state index < -0.39 is 6.10 Å². The Balaban J connectivity index is 2.11. The molecule has 2 aromatic carbocycles. The van der Waals surface area contributed by atoms with Crippen LogP contribution in [0.25, 0.3) is 10.8 Å². The molecule has 0 amide bonds. The fourth-order valence-corrected chi connectivity index (χ4v) is 2.17. The standard InChI is InChI=1S/C17H22O2/c1-17(2,19-3)11-10-16(18)15-9-8-13-6-4-5-7-14(13)12-15/h4-9,12,16,18H,10-11H2,1-3H3. The molecule has 0 aliphatic heterocycles. The van der Waals surface area contributed by atoms with Gasteiger partial charge in [-0.05, 0) is 49.1 Å². The van der Waals surface area contributed by atoms with Crippen molar-refractivity contribution in [1.29, 1.82) is 0 Å². The Morgan fingerprint density at radius 2 is 1.79 bits per heavy atom. The first-order valence-electron chi connectivity index (χ1n) is 6.74. The molecule has 0 aromatic heterocycles. The van der Waals surface area contributed by atoms with Crippen LogP contribution in [-0.2, 0) is 4.74 Å². The fourth-order valence-electron chi connectivity index (χ4n) is 2.17.